The molecule has 2 rings (SSSR count). The maximum absolute atomic E-state index is 12.3. The van der Waals surface area contributed by atoms with Gasteiger partial charge in [0.2, 0.25) is 5.91 Å². The van der Waals surface area contributed by atoms with Crippen LogP contribution < -0.4 is 0 Å². The lowest BCUT2D eigenvalue weighted by molar-refractivity contribution is -0.145. The van der Waals surface area contributed by atoms with Gasteiger partial charge in [0, 0.05) is 6.54 Å². The highest BCUT2D eigenvalue weighted by Crippen LogP contribution is 2.12. The molecule has 6 nitrogen and oxygen atoms in total. The average Bonchev–Trinajstić information content (AvgIpc) is 2.80. The normalized spacial score (nSPS) is 11.0. The number of para-hydroxylation sites is 2. The molecule has 21 heavy (non-hydrogen) atoms. The van der Waals surface area contributed by atoms with E-state index in [2.05, 4.69) is 4.98 Å². The van der Waals surface area contributed by atoms with E-state index in [0.29, 0.717) is 6.54 Å². The van der Waals surface area contributed by atoms with E-state index in [1.165, 1.54) is 4.90 Å². The van der Waals surface area contributed by atoms with Crippen LogP contribution in [0.15, 0.2) is 30.6 Å². The predicted octanol–water partition coefficient (Wildman–Crippen LogP) is 1.61. The summed E-state index contributed by atoms with van der Waals surface area (Å²) in [7, 11) is 0. The first-order valence-electron chi connectivity index (χ1n) is 6.87. The number of hydrogen-bond donors (Lipinski definition) is 1. The summed E-state index contributed by atoms with van der Waals surface area (Å²) < 4.78 is 1.74. The summed E-state index contributed by atoms with van der Waals surface area (Å²) in [6.45, 7) is 4.16. The van der Waals surface area contributed by atoms with Gasteiger partial charge in [0.05, 0.1) is 17.4 Å². The molecular weight excluding hydrogens is 270 g/mol. The summed E-state index contributed by atoms with van der Waals surface area (Å²) >= 11 is 0. The lowest BCUT2D eigenvalue weighted by atomic mass is 10.2. The van der Waals surface area contributed by atoms with Crippen molar-refractivity contribution in [3.63, 3.8) is 0 Å². The van der Waals surface area contributed by atoms with E-state index in [1.807, 2.05) is 38.1 Å². The van der Waals surface area contributed by atoms with E-state index in [0.717, 1.165) is 11.0 Å². The molecule has 0 atom stereocenters. The molecule has 1 N–H and O–H groups in total. The van der Waals surface area contributed by atoms with E-state index < -0.39 is 5.97 Å². The SMILES string of the molecule is CC(C)CN(CC(=O)O)C(=O)Cn1cnc2ccccc21. The van der Waals surface area contributed by atoms with Gasteiger partial charge in [0.1, 0.15) is 13.1 Å². The van der Waals surface area contributed by atoms with Crippen molar-refractivity contribution in [2.75, 3.05) is 13.1 Å². The first-order chi connectivity index (χ1) is 9.97. The van der Waals surface area contributed by atoms with Crippen molar-refractivity contribution in [1.29, 1.82) is 0 Å². The fourth-order valence-corrected chi connectivity index (χ4v) is 2.24. The molecule has 0 aliphatic heterocycles. The fraction of sp³-hybridized carbons (Fsp3) is 0.400. The number of carboxylic acid groups (broad SMARTS) is 1. The summed E-state index contributed by atoms with van der Waals surface area (Å²) in [5.74, 6) is -0.999. The van der Waals surface area contributed by atoms with Crippen molar-refractivity contribution in [2.45, 2.75) is 20.4 Å². The van der Waals surface area contributed by atoms with Crippen LogP contribution in [0.1, 0.15) is 13.8 Å². The van der Waals surface area contributed by atoms with E-state index in [9.17, 15) is 9.59 Å². The Balaban J connectivity index is 2.15. The van der Waals surface area contributed by atoms with Gasteiger partial charge in [-0.1, -0.05) is 26.0 Å². The van der Waals surface area contributed by atoms with Crippen LogP contribution in [0, 0.1) is 5.92 Å². The molecule has 1 aromatic carbocycles. The molecule has 0 saturated carbocycles. The highest BCUT2D eigenvalue weighted by molar-refractivity contribution is 5.83. The number of fused-ring (bicyclic) bond motifs is 1. The van der Waals surface area contributed by atoms with Crippen LogP contribution >= 0.6 is 0 Å². The molecule has 2 aromatic rings. The van der Waals surface area contributed by atoms with Crippen LogP contribution in [0.25, 0.3) is 11.0 Å². The molecule has 0 fully saturated rings. The Kier molecular flexibility index (Phi) is 4.57. The standard InChI is InChI=1S/C15H19N3O3/c1-11(2)7-17(9-15(20)21)14(19)8-18-10-16-12-5-3-4-6-13(12)18/h3-6,10-11H,7-9H2,1-2H3,(H,20,21). The Morgan fingerprint density at radius 3 is 2.71 bits per heavy atom. The smallest absolute Gasteiger partial charge is 0.323 e. The molecule has 1 amide bonds. The molecule has 112 valence electrons. The molecule has 0 aliphatic rings. The van der Waals surface area contributed by atoms with Gasteiger partial charge in [0.25, 0.3) is 0 Å². The summed E-state index contributed by atoms with van der Waals surface area (Å²) in [4.78, 5) is 28.8. The fourth-order valence-electron chi connectivity index (χ4n) is 2.24. The lowest BCUT2D eigenvalue weighted by Crippen LogP contribution is -2.40. The molecule has 1 aromatic heterocycles. The van der Waals surface area contributed by atoms with Gasteiger partial charge in [-0.25, -0.2) is 4.98 Å². The Morgan fingerprint density at radius 2 is 2.05 bits per heavy atom. The quantitative estimate of drug-likeness (QED) is 0.876. The summed E-state index contributed by atoms with van der Waals surface area (Å²) in [5, 5.41) is 8.93. The number of hydrogen-bond acceptors (Lipinski definition) is 3. The predicted molar refractivity (Wildman–Crippen MR) is 78.8 cm³/mol. The third-order valence-electron chi connectivity index (χ3n) is 3.10. The Morgan fingerprint density at radius 1 is 1.33 bits per heavy atom. The molecule has 0 saturated heterocycles. The van der Waals surface area contributed by atoms with Gasteiger partial charge in [-0.05, 0) is 18.1 Å². The number of aromatic nitrogens is 2. The molecule has 0 radical (unpaired) electrons. The zero-order valence-electron chi connectivity index (χ0n) is 12.2. The summed E-state index contributed by atoms with van der Waals surface area (Å²) in [5.41, 5.74) is 1.68. The van der Waals surface area contributed by atoms with Crippen molar-refractivity contribution in [3.05, 3.63) is 30.6 Å². The molecule has 0 aliphatic carbocycles. The average molecular weight is 289 g/mol. The van der Waals surface area contributed by atoms with Gasteiger partial charge in [-0.2, -0.15) is 0 Å². The Hall–Kier alpha value is -2.37. The lowest BCUT2D eigenvalue weighted by Gasteiger charge is -2.23. The number of carbonyl (C=O) groups excluding carboxylic acids is 1. The molecule has 0 bridgehead atoms. The highest BCUT2D eigenvalue weighted by Gasteiger charge is 2.18. The van der Waals surface area contributed by atoms with Gasteiger partial charge in [-0.3, -0.25) is 9.59 Å². The van der Waals surface area contributed by atoms with Crippen LogP contribution in [0.5, 0.6) is 0 Å². The summed E-state index contributed by atoms with van der Waals surface area (Å²) in [6, 6.07) is 7.53. The minimum absolute atomic E-state index is 0.0977. The second kappa shape index (κ2) is 6.39. The van der Waals surface area contributed by atoms with Crippen molar-refractivity contribution in [2.24, 2.45) is 5.92 Å². The number of rotatable bonds is 6. The van der Waals surface area contributed by atoms with Crippen LogP contribution in [-0.2, 0) is 16.1 Å². The minimum Gasteiger partial charge on any atom is -0.480 e. The zero-order chi connectivity index (χ0) is 15.4. The van der Waals surface area contributed by atoms with E-state index in [4.69, 9.17) is 5.11 Å². The Bertz CT molecular complexity index is 648. The maximum Gasteiger partial charge on any atom is 0.323 e. The van der Waals surface area contributed by atoms with Crippen molar-refractivity contribution < 1.29 is 14.7 Å². The maximum atomic E-state index is 12.3. The van der Waals surface area contributed by atoms with Crippen LogP contribution in [0.2, 0.25) is 0 Å². The van der Waals surface area contributed by atoms with Crippen LogP contribution in [0.4, 0.5) is 0 Å². The van der Waals surface area contributed by atoms with Gasteiger partial charge >= 0.3 is 5.97 Å². The van der Waals surface area contributed by atoms with E-state index >= 15 is 0 Å². The zero-order valence-corrected chi connectivity index (χ0v) is 12.2. The number of benzene rings is 1. The van der Waals surface area contributed by atoms with Crippen molar-refractivity contribution in [3.8, 4) is 0 Å². The van der Waals surface area contributed by atoms with Gasteiger partial charge < -0.3 is 14.6 Å². The van der Waals surface area contributed by atoms with Crippen LogP contribution in [-0.4, -0.2) is 44.5 Å². The monoisotopic (exact) mass is 289 g/mol. The number of carboxylic acids is 1. The molecular formula is C15H19N3O3. The molecule has 0 unspecified atom stereocenters. The number of imidazole rings is 1. The molecule has 6 heteroatoms. The van der Waals surface area contributed by atoms with Crippen molar-refractivity contribution in [1.82, 2.24) is 14.5 Å². The number of carbonyl (C=O) groups is 2. The first kappa shape index (κ1) is 15.0. The van der Waals surface area contributed by atoms with E-state index in [1.54, 1.807) is 10.9 Å². The third kappa shape index (κ3) is 3.81. The number of nitrogens with zero attached hydrogens (tertiary/aromatic N) is 3. The largest absolute Gasteiger partial charge is 0.480 e. The first-order valence-corrected chi connectivity index (χ1v) is 6.87. The summed E-state index contributed by atoms with van der Waals surface area (Å²) in [6.07, 6.45) is 1.61. The topological polar surface area (TPSA) is 75.4 Å². The second-order valence-corrected chi connectivity index (χ2v) is 5.42. The van der Waals surface area contributed by atoms with Crippen LogP contribution in [0.3, 0.4) is 0 Å². The van der Waals surface area contributed by atoms with E-state index in [-0.39, 0.29) is 24.9 Å². The molecule has 1 heterocycles. The number of aliphatic carboxylic acids is 1. The second-order valence-electron chi connectivity index (χ2n) is 5.42. The van der Waals surface area contributed by atoms with Gasteiger partial charge in [-0.15, -0.1) is 0 Å². The highest BCUT2D eigenvalue weighted by atomic mass is 16.4. The number of amides is 1. The minimum atomic E-state index is -1.00. The van der Waals surface area contributed by atoms with Gasteiger partial charge in [0.15, 0.2) is 0 Å². The van der Waals surface area contributed by atoms with Crippen molar-refractivity contribution >= 4 is 22.9 Å². The third-order valence-corrected chi connectivity index (χ3v) is 3.10. The molecule has 0 spiro atoms. The Labute approximate surface area is 123 Å².